The number of carbonyl (C=O) groups is 2. The number of carbonyl (C=O) groups excluding carboxylic acids is 2. The predicted molar refractivity (Wildman–Crippen MR) is 152 cm³/mol. The first-order valence-corrected chi connectivity index (χ1v) is 14.0. The smallest absolute Gasteiger partial charge is 0.231 e. The van der Waals surface area contributed by atoms with Gasteiger partial charge in [-0.3, -0.25) is 9.59 Å². The lowest BCUT2D eigenvalue weighted by atomic mass is 9.80. The van der Waals surface area contributed by atoms with Crippen molar-refractivity contribution in [3.63, 3.8) is 0 Å². The van der Waals surface area contributed by atoms with E-state index in [4.69, 9.17) is 0 Å². The van der Waals surface area contributed by atoms with Crippen LogP contribution in [-0.2, 0) is 27.0 Å². The highest BCUT2D eigenvalue weighted by molar-refractivity contribution is 5.92. The van der Waals surface area contributed by atoms with E-state index in [0.29, 0.717) is 13.0 Å². The number of aryl methyl sites for hydroxylation is 1. The molecule has 1 saturated carbocycles. The molecule has 1 saturated heterocycles. The van der Waals surface area contributed by atoms with E-state index < -0.39 is 5.41 Å². The van der Waals surface area contributed by atoms with Gasteiger partial charge in [-0.1, -0.05) is 72.3 Å². The molecular weight excluding hydrogens is 489 g/mol. The van der Waals surface area contributed by atoms with E-state index in [2.05, 4.69) is 58.9 Å². The topological polar surface area (TPSA) is 61.4 Å². The molecule has 2 amide bonds. The van der Waals surface area contributed by atoms with Crippen LogP contribution in [0, 0.1) is 18.7 Å². The summed E-state index contributed by atoms with van der Waals surface area (Å²) in [5.74, 6) is 0.0475. The number of amides is 2. The maximum absolute atomic E-state index is 13.7. The van der Waals surface area contributed by atoms with Crippen molar-refractivity contribution in [3.05, 3.63) is 107 Å². The molecule has 204 valence electrons. The van der Waals surface area contributed by atoms with Gasteiger partial charge in [-0.2, -0.15) is 0 Å². The zero-order chi connectivity index (χ0) is 27.5. The maximum atomic E-state index is 13.7. The molecule has 3 aromatic rings. The monoisotopic (exact) mass is 527 g/mol. The van der Waals surface area contributed by atoms with Crippen molar-refractivity contribution in [1.82, 2.24) is 15.5 Å². The highest BCUT2D eigenvalue weighted by Gasteiger charge is 2.61. The first-order chi connectivity index (χ1) is 18.8. The van der Waals surface area contributed by atoms with Crippen LogP contribution in [0.25, 0.3) is 0 Å². The number of benzene rings is 3. The number of likely N-dealkylation sites (tertiary alicyclic amines) is 1. The van der Waals surface area contributed by atoms with Gasteiger partial charge in [-0.05, 0) is 67.3 Å². The molecule has 5 rings (SSSR count). The van der Waals surface area contributed by atoms with Gasteiger partial charge in [0.25, 0.3) is 0 Å². The third-order valence-electron chi connectivity index (χ3n) is 8.62. The molecule has 2 unspecified atom stereocenters. The molecule has 0 aromatic heterocycles. The molecule has 1 aliphatic carbocycles. The molecule has 39 heavy (non-hydrogen) atoms. The van der Waals surface area contributed by atoms with Gasteiger partial charge in [0.15, 0.2) is 0 Å². The lowest BCUT2D eigenvalue weighted by Gasteiger charge is -2.43. The minimum Gasteiger partial charge on any atom is -0.355 e. The number of hydrogen-bond acceptors (Lipinski definition) is 3. The molecule has 2 N–H and O–H groups in total. The van der Waals surface area contributed by atoms with Crippen LogP contribution in [0.15, 0.2) is 78.9 Å². The van der Waals surface area contributed by atoms with Gasteiger partial charge in [0.2, 0.25) is 11.8 Å². The van der Waals surface area contributed by atoms with Gasteiger partial charge < -0.3 is 15.5 Å². The summed E-state index contributed by atoms with van der Waals surface area (Å²) in [7, 11) is 0. The van der Waals surface area contributed by atoms with E-state index in [1.807, 2.05) is 18.2 Å². The minimum absolute atomic E-state index is 0.00908. The first kappa shape index (κ1) is 27.1. The first-order valence-electron chi connectivity index (χ1n) is 14.0. The van der Waals surface area contributed by atoms with Crippen LogP contribution in [0.2, 0.25) is 0 Å². The zero-order valence-corrected chi connectivity index (χ0v) is 22.9. The van der Waals surface area contributed by atoms with Crippen molar-refractivity contribution in [2.45, 2.75) is 50.5 Å². The molecule has 0 spiro atoms. The van der Waals surface area contributed by atoms with Crippen LogP contribution >= 0.6 is 0 Å². The fraction of sp³-hybridized carbons (Fsp3) is 0.394. The molecule has 0 radical (unpaired) electrons. The Morgan fingerprint density at radius 2 is 1.59 bits per heavy atom. The van der Waals surface area contributed by atoms with Crippen LogP contribution < -0.4 is 10.6 Å². The van der Waals surface area contributed by atoms with Crippen molar-refractivity contribution < 1.29 is 14.0 Å². The number of nitrogens with one attached hydrogen (secondary N) is 2. The van der Waals surface area contributed by atoms with E-state index in [1.54, 1.807) is 19.1 Å². The maximum Gasteiger partial charge on any atom is 0.231 e. The molecule has 2 aliphatic rings. The van der Waals surface area contributed by atoms with Crippen molar-refractivity contribution in [2.75, 3.05) is 26.2 Å². The van der Waals surface area contributed by atoms with Gasteiger partial charge in [0, 0.05) is 33.1 Å². The lowest BCUT2D eigenvalue weighted by Crippen LogP contribution is -2.53. The Morgan fingerprint density at radius 3 is 2.23 bits per heavy atom. The molecule has 1 heterocycles. The normalized spacial score (nSPS) is 22.2. The fourth-order valence-electron chi connectivity index (χ4n) is 6.30. The highest BCUT2D eigenvalue weighted by atomic mass is 19.1. The van der Waals surface area contributed by atoms with Gasteiger partial charge in [0.05, 0.1) is 11.0 Å². The van der Waals surface area contributed by atoms with Crippen molar-refractivity contribution in [2.24, 2.45) is 5.92 Å². The second-order valence-corrected chi connectivity index (χ2v) is 11.3. The average molecular weight is 528 g/mol. The van der Waals surface area contributed by atoms with Gasteiger partial charge in [0.1, 0.15) is 5.82 Å². The van der Waals surface area contributed by atoms with E-state index in [1.165, 1.54) is 17.7 Å². The summed E-state index contributed by atoms with van der Waals surface area (Å²) in [5, 5.41) is 6.44. The summed E-state index contributed by atoms with van der Waals surface area (Å²) in [5.41, 5.74) is 3.53. The van der Waals surface area contributed by atoms with E-state index >= 15 is 0 Å². The highest BCUT2D eigenvalue weighted by Crippen LogP contribution is 2.55. The molecule has 2 fully saturated rings. The quantitative estimate of drug-likeness (QED) is 0.417. The van der Waals surface area contributed by atoms with Crippen molar-refractivity contribution >= 4 is 11.8 Å². The van der Waals surface area contributed by atoms with E-state index in [9.17, 15) is 14.0 Å². The largest absolute Gasteiger partial charge is 0.355 e. The predicted octanol–water partition coefficient (Wildman–Crippen LogP) is 4.88. The van der Waals surface area contributed by atoms with Crippen LogP contribution in [0.5, 0.6) is 0 Å². The summed E-state index contributed by atoms with van der Waals surface area (Å²) >= 11 is 0. The van der Waals surface area contributed by atoms with Crippen LogP contribution in [0.4, 0.5) is 4.39 Å². The average Bonchev–Trinajstić information content (AvgIpc) is 3.66. The number of rotatable bonds is 9. The molecular formula is C33H38FN3O2. The Hall–Kier alpha value is -3.51. The molecule has 0 bridgehead atoms. The molecule has 2 atom stereocenters. The van der Waals surface area contributed by atoms with Gasteiger partial charge >= 0.3 is 0 Å². The fourth-order valence-corrected chi connectivity index (χ4v) is 6.30. The number of piperidine rings is 1. The molecule has 6 heteroatoms. The number of nitrogens with zero attached hydrogens (tertiary/aromatic N) is 1. The second-order valence-electron chi connectivity index (χ2n) is 11.3. The van der Waals surface area contributed by atoms with Crippen LogP contribution in [0.1, 0.15) is 48.4 Å². The summed E-state index contributed by atoms with van der Waals surface area (Å²) in [4.78, 5) is 28.2. The Morgan fingerprint density at radius 1 is 0.923 bits per heavy atom. The molecule has 5 nitrogen and oxygen atoms in total. The Kier molecular flexibility index (Phi) is 7.85. The van der Waals surface area contributed by atoms with Gasteiger partial charge in [-0.25, -0.2) is 4.39 Å². The number of hydrogen-bond donors (Lipinski definition) is 2. The third-order valence-corrected chi connectivity index (χ3v) is 8.62. The van der Waals surface area contributed by atoms with E-state index in [-0.39, 0.29) is 29.1 Å². The summed E-state index contributed by atoms with van der Waals surface area (Å²) in [6.07, 6.45) is 3.16. The van der Waals surface area contributed by atoms with Gasteiger partial charge in [-0.15, -0.1) is 0 Å². The summed E-state index contributed by atoms with van der Waals surface area (Å²) in [6, 6.07) is 25.1. The number of halogens is 1. The molecule has 1 aliphatic heterocycles. The standard InChI is InChI=1S/C33H38FN3O2/c1-24-8-12-28(13-9-24)33(31(39)35-19-16-26-10-14-30(34)15-11-26)22-29(33)23-37-20-17-32(18-21-37,36-25(2)38)27-6-4-3-5-7-27/h3-15,29H,16-23H2,1-2H3,(H,35,39)(H,36,38). The molecule has 3 aromatic carbocycles. The van der Waals surface area contributed by atoms with Crippen molar-refractivity contribution in [1.29, 1.82) is 0 Å². The zero-order valence-electron chi connectivity index (χ0n) is 22.9. The lowest BCUT2D eigenvalue weighted by molar-refractivity contribution is -0.124. The Labute approximate surface area is 230 Å². The Bertz CT molecular complexity index is 1280. The second kappa shape index (κ2) is 11.3. The Balaban J connectivity index is 1.25. The van der Waals surface area contributed by atoms with E-state index in [0.717, 1.165) is 55.6 Å². The third kappa shape index (κ3) is 5.91. The summed E-state index contributed by atoms with van der Waals surface area (Å²) < 4.78 is 13.2. The van der Waals surface area contributed by atoms with Crippen LogP contribution in [-0.4, -0.2) is 42.9 Å². The SMILES string of the molecule is CC(=O)NC1(c2ccccc2)CCN(CC2CC2(C(=O)NCCc2ccc(F)cc2)c2ccc(C)cc2)CC1. The van der Waals surface area contributed by atoms with Crippen molar-refractivity contribution in [3.8, 4) is 0 Å². The minimum atomic E-state index is -0.526. The van der Waals surface area contributed by atoms with Crippen LogP contribution in [0.3, 0.4) is 0 Å². The summed E-state index contributed by atoms with van der Waals surface area (Å²) in [6.45, 7) is 6.75.